The fourth-order valence-electron chi connectivity index (χ4n) is 1.79. The summed E-state index contributed by atoms with van der Waals surface area (Å²) < 4.78 is 1.37. The highest BCUT2D eigenvalue weighted by atomic mass is 32.1. The van der Waals surface area contributed by atoms with Crippen LogP contribution in [0.4, 0.5) is 0 Å². The molecule has 0 nitrogen and oxygen atoms in total. The molecule has 0 N–H and O–H groups in total. The van der Waals surface area contributed by atoms with Crippen molar-refractivity contribution in [1.29, 1.82) is 0 Å². The molecule has 0 saturated carbocycles. The normalized spacial score (nSPS) is 11.4. The van der Waals surface area contributed by atoms with Gasteiger partial charge in [0.25, 0.3) is 0 Å². The minimum atomic E-state index is 1.09. The number of allylic oxidation sites excluding steroid dienone is 2. The summed E-state index contributed by atoms with van der Waals surface area (Å²) in [5.41, 5.74) is 3.74. The monoisotopic (exact) mass is 228 g/mol. The first kappa shape index (κ1) is 11.2. The third kappa shape index (κ3) is 2.10. The highest BCUT2D eigenvalue weighted by molar-refractivity contribution is 7.19. The largest absolute Gasteiger partial charge is 0.140 e. The molecule has 0 saturated heterocycles. The smallest absolute Gasteiger partial charge is 0.0351 e. The first-order valence-electron chi connectivity index (χ1n) is 5.41. The fourth-order valence-corrected chi connectivity index (χ4v) is 2.82. The van der Waals surface area contributed by atoms with Crippen molar-refractivity contribution in [3.8, 4) is 0 Å². The Balaban J connectivity index is 2.62. The van der Waals surface area contributed by atoms with Crippen LogP contribution >= 0.6 is 11.3 Å². The van der Waals surface area contributed by atoms with Crippen LogP contribution in [0.15, 0.2) is 36.4 Å². The van der Waals surface area contributed by atoms with Gasteiger partial charge in [0, 0.05) is 15.0 Å². The van der Waals surface area contributed by atoms with Crippen LogP contribution in [0.1, 0.15) is 22.9 Å². The van der Waals surface area contributed by atoms with Gasteiger partial charge in [-0.3, -0.25) is 0 Å². The van der Waals surface area contributed by atoms with E-state index in [1.807, 2.05) is 18.3 Å². The number of rotatable bonds is 2. The van der Waals surface area contributed by atoms with Crippen LogP contribution in [0, 0.1) is 13.8 Å². The van der Waals surface area contributed by atoms with E-state index in [4.69, 9.17) is 0 Å². The van der Waals surface area contributed by atoms with Crippen molar-refractivity contribution in [2.24, 2.45) is 0 Å². The predicted octanol–water partition coefficient (Wildman–Crippen LogP) is 5.11. The molecule has 82 valence electrons. The number of fused-ring (bicyclic) bond motifs is 1. The van der Waals surface area contributed by atoms with E-state index in [-0.39, 0.29) is 0 Å². The molecule has 2 aromatic rings. The summed E-state index contributed by atoms with van der Waals surface area (Å²) in [5, 5.41) is 1.36. The van der Waals surface area contributed by atoms with E-state index in [1.54, 1.807) is 0 Å². The lowest BCUT2D eigenvalue weighted by Crippen LogP contribution is -1.75. The van der Waals surface area contributed by atoms with Crippen LogP contribution in [-0.4, -0.2) is 0 Å². The van der Waals surface area contributed by atoms with E-state index in [1.165, 1.54) is 26.1 Å². The van der Waals surface area contributed by atoms with E-state index in [0.717, 1.165) is 5.57 Å². The number of aryl methyl sites for hydroxylation is 2. The maximum Gasteiger partial charge on any atom is 0.0351 e. The number of thiophene rings is 1. The van der Waals surface area contributed by atoms with E-state index < -0.39 is 0 Å². The summed E-state index contributed by atoms with van der Waals surface area (Å²) in [4.78, 5) is 1.37. The molecular weight excluding hydrogens is 212 g/mol. The molecule has 0 spiro atoms. The quantitative estimate of drug-likeness (QED) is 0.627. The fraction of sp³-hybridized carbons (Fsp3) is 0.200. The number of benzene rings is 1. The highest BCUT2D eigenvalue weighted by Gasteiger charge is 2.05. The van der Waals surface area contributed by atoms with Crippen molar-refractivity contribution in [3.05, 3.63) is 52.4 Å². The minimum absolute atomic E-state index is 1.09. The molecule has 0 aliphatic heterocycles. The molecule has 0 unspecified atom stereocenters. The van der Waals surface area contributed by atoms with Gasteiger partial charge in [0.1, 0.15) is 0 Å². The zero-order valence-corrected chi connectivity index (χ0v) is 10.8. The Kier molecular flexibility index (Phi) is 2.97. The molecule has 0 atom stereocenters. The molecule has 0 aliphatic rings. The molecule has 0 radical (unpaired) electrons. The standard InChI is InChI=1S/C15H16S/c1-10(2)5-7-13-12(4)16-15-8-6-11(3)9-14(13)15/h5-9H,1H2,2-4H3/b7-5-. The average Bonchev–Trinajstić information content (AvgIpc) is 2.51. The summed E-state index contributed by atoms with van der Waals surface area (Å²) in [6.07, 6.45) is 4.26. The van der Waals surface area contributed by atoms with Gasteiger partial charge in [-0.15, -0.1) is 11.3 Å². The summed E-state index contributed by atoms with van der Waals surface area (Å²) >= 11 is 1.86. The summed E-state index contributed by atoms with van der Waals surface area (Å²) in [6, 6.07) is 6.64. The molecule has 0 aliphatic carbocycles. The van der Waals surface area contributed by atoms with Gasteiger partial charge < -0.3 is 0 Å². The molecular formula is C15H16S. The summed E-state index contributed by atoms with van der Waals surface area (Å²) in [5.74, 6) is 0. The second kappa shape index (κ2) is 4.26. The molecule has 16 heavy (non-hydrogen) atoms. The molecule has 0 amide bonds. The Morgan fingerprint density at radius 1 is 1.31 bits per heavy atom. The second-order valence-corrected chi connectivity index (χ2v) is 5.51. The highest BCUT2D eigenvalue weighted by Crippen LogP contribution is 2.32. The van der Waals surface area contributed by atoms with E-state index in [2.05, 4.69) is 50.8 Å². The lowest BCUT2D eigenvalue weighted by atomic mass is 10.1. The van der Waals surface area contributed by atoms with Gasteiger partial charge in [0.15, 0.2) is 0 Å². The molecule has 1 aromatic carbocycles. The predicted molar refractivity (Wildman–Crippen MR) is 75.1 cm³/mol. The molecule has 1 aromatic heterocycles. The van der Waals surface area contributed by atoms with Gasteiger partial charge in [0.05, 0.1) is 0 Å². The first-order valence-corrected chi connectivity index (χ1v) is 6.23. The maximum atomic E-state index is 3.90. The van der Waals surface area contributed by atoms with Crippen LogP contribution in [0.5, 0.6) is 0 Å². The SMILES string of the molecule is C=C(C)/C=C\c1c(C)sc2ccc(C)cc12. The van der Waals surface area contributed by atoms with Crippen molar-refractivity contribution in [2.75, 3.05) is 0 Å². The van der Waals surface area contributed by atoms with Crippen molar-refractivity contribution in [2.45, 2.75) is 20.8 Å². The van der Waals surface area contributed by atoms with E-state index in [0.29, 0.717) is 0 Å². The average molecular weight is 228 g/mol. The van der Waals surface area contributed by atoms with Gasteiger partial charge in [-0.2, -0.15) is 0 Å². The Labute approximate surface area is 101 Å². The van der Waals surface area contributed by atoms with Gasteiger partial charge in [-0.1, -0.05) is 35.9 Å². The van der Waals surface area contributed by atoms with Crippen LogP contribution < -0.4 is 0 Å². The second-order valence-electron chi connectivity index (χ2n) is 4.25. The zero-order valence-electron chi connectivity index (χ0n) is 10.0. The van der Waals surface area contributed by atoms with Crippen molar-refractivity contribution >= 4 is 27.5 Å². The molecule has 1 heterocycles. The van der Waals surface area contributed by atoms with Crippen molar-refractivity contribution in [1.82, 2.24) is 0 Å². The van der Waals surface area contributed by atoms with Gasteiger partial charge >= 0.3 is 0 Å². The summed E-state index contributed by atoms with van der Waals surface area (Å²) in [6.45, 7) is 10.2. The number of hydrogen-bond acceptors (Lipinski definition) is 1. The van der Waals surface area contributed by atoms with Crippen LogP contribution in [-0.2, 0) is 0 Å². The summed E-state index contributed by atoms with van der Waals surface area (Å²) in [7, 11) is 0. The Morgan fingerprint density at radius 2 is 2.06 bits per heavy atom. The molecule has 0 fully saturated rings. The Morgan fingerprint density at radius 3 is 2.75 bits per heavy atom. The third-order valence-corrected chi connectivity index (χ3v) is 3.70. The van der Waals surface area contributed by atoms with Gasteiger partial charge in [0.2, 0.25) is 0 Å². The first-order chi connectivity index (χ1) is 7.58. The van der Waals surface area contributed by atoms with Crippen molar-refractivity contribution in [3.63, 3.8) is 0 Å². The topological polar surface area (TPSA) is 0 Å². The zero-order chi connectivity index (χ0) is 11.7. The lowest BCUT2D eigenvalue weighted by Gasteiger charge is -1.96. The Bertz CT molecular complexity index is 570. The Hall–Kier alpha value is -1.34. The number of hydrogen-bond donors (Lipinski definition) is 0. The van der Waals surface area contributed by atoms with Crippen LogP contribution in [0.25, 0.3) is 16.2 Å². The van der Waals surface area contributed by atoms with Gasteiger partial charge in [-0.05, 0) is 38.5 Å². The van der Waals surface area contributed by atoms with Crippen LogP contribution in [0.3, 0.4) is 0 Å². The van der Waals surface area contributed by atoms with Gasteiger partial charge in [-0.25, -0.2) is 0 Å². The third-order valence-electron chi connectivity index (χ3n) is 2.60. The molecule has 2 rings (SSSR count). The minimum Gasteiger partial charge on any atom is -0.140 e. The molecule has 0 bridgehead atoms. The van der Waals surface area contributed by atoms with Crippen molar-refractivity contribution < 1.29 is 0 Å². The maximum absolute atomic E-state index is 3.90. The van der Waals surface area contributed by atoms with Crippen LogP contribution in [0.2, 0.25) is 0 Å². The van der Waals surface area contributed by atoms with E-state index >= 15 is 0 Å². The lowest BCUT2D eigenvalue weighted by molar-refractivity contribution is 1.51. The van der Waals surface area contributed by atoms with E-state index in [9.17, 15) is 0 Å². The molecule has 1 heteroatoms.